The van der Waals surface area contributed by atoms with Gasteiger partial charge in [-0.25, -0.2) is 0 Å². The lowest BCUT2D eigenvalue weighted by atomic mass is 10.1. The number of methoxy groups -OCH3 is 1. The number of hydrogen-bond acceptors (Lipinski definition) is 6. The van der Waals surface area contributed by atoms with Gasteiger partial charge in [-0.2, -0.15) is 0 Å². The molecule has 0 aliphatic carbocycles. The Morgan fingerprint density at radius 1 is 1.15 bits per heavy atom. The summed E-state index contributed by atoms with van der Waals surface area (Å²) < 4.78 is 16.0. The number of amides is 1. The van der Waals surface area contributed by atoms with Crippen molar-refractivity contribution in [3.8, 4) is 17.2 Å². The number of aryl methyl sites for hydroxylation is 1. The Labute approximate surface area is 157 Å². The second-order valence-corrected chi connectivity index (χ2v) is 5.78. The van der Waals surface area contributed by atoms with Crippen LogP contribution >= 0.6 is 0 Å². The van der Waals surface area contributed by atoms with E-state index in [1.807, 2.05) is 32.0 Å². The molecule has 0 fully saturated rings. The van der Waals surface area contributed by atoms with E-state index in [4.69, 9.17) is 14.2 Å². The average molecular weight is 374 g/mol. The van der Waals surface area contributed by atoms with Gasteiger partial charge in [0, 0.05) is 12.1 Å². The third kappa shape index (κ3) is 5.60. The Morgan fingerprint density at radius 3 is 2.63 bits per heavy atom. The van der Waals surface area contributed by atoms with E-state index in [9.17, 15) is 14.9 Å². The standard InChI is InChI=1S/C19H22N2O6/c1-13-5-4-6-17(14(13)2)26-10-9-20-19(22)12-27-15-7-8-16(21(23)24)18(11-15)25-3/h4-8,11H,9-10,12H2,1-3H3,(H,20,22). The van der Waals surface area contributed by atoms with Crippen LogP contribution in [0.1, 0.15) is 11.1 Å². The van der Waals surface area contributed by atoms with Crippen LogP contribution in [0.15, 0.2) is 36.4 Å². The van der Waals surface area contributed by atoms with Gasteiger partial charge >= 0.3 is 5.69 Å². The van der Waals surface area contributed by atoms with Crippen LogP contribution in [0.4, 0.5) is 5.69 Å². The first-order valence-corrected chi connectivity index (χ1v) is 8.33. The van der Waals surface area contributed by atoms with E-state index in [2.05, 4.69) is 5.32 Å². The van der Waals surface area contributed by atoms with Gasteiger partial charge in [0.15, 0.2) is 6.61 Å². The minimum absolute atomic E-state index is 0.0693. The van der Waals surface area contributed by atoms with Gasteiger partial charge in [-0.1, -0.05) is 12.1 Å². The number of carbonyl (C=O) groups excluding carboxylic acids is 1. The van der Waals surface area contributed by atoms with Gasteiger partial charge in [-0.3, -0.25) is 14.9 Å². The van der Waals surface area contributed by atoms with Crippen LogP contribution < -0.4 is 19.5 Å². The number of nitrogens with zero attached hydrogens (tertiary/aromatic N) is 1. The zero-order valence-electron chi connectivity index (χ0n) is 15.5. The van der Waals surface area contributed by atoms with E-state index in [-0.39, 0.29) is 24.0 Å². The molecule has 144 valence electrons. The number of ether oxygens (including phenoxy) is 3. The highest BCUT2D eigenvalue weighted by atomic mass is 16.6. The maximum atomic E-state index is 11.8. The molecule has 0 radical (unpaired) electrons. The van der Waals surface area contributed by atoms with E-state index < -0.39 is 4.92 Å². The molecule has 0 heterocycles. The first-order valence-electron chi connectivity index (χ1n) is 8.33. The van der Waals surface area contributed by atoms with Crippen molar-refractivity contribution in [2.24, 2.45) is 0 Å². The quantitative estimate of drug-likeness (QED) is 0.412. The summed E-state index contributed by atoms with van der Waals surface area (Å²) >= 11 is 0. The van der Waals surface area contributed by atoms with Crippen molar-refractivity contribution >= 4 is 11.6 Å². The predicted octanol–water partition coefficient (Wildman–Crippen LogP) is 2.79. The highest BCUT2D eigenvalue weighted by molar-refractivity contribution is 5.77. The highest BCUT2D eigenvalue weighted by Gasteiger charge is 2.15. The topological polar surface area (TPSA) is 99.9 Å². The van der Waals surface area contributed by atoms with Crippen LogP contribution in [0.25, 0.3) is 0 Å². The summed E-state index contributed by atoms with van der Waals surface area (Å²) in [6, 6.07) is 9.86. The molecule has 2 aromatic rings. The smallest absolute Gasteiger partial charge is 0.311 e. The van der Waals surface area contributed by atoms with Crippen molar-refractivity contribution in [2.45, 2.75) is 13.8 Å². The third-order valence-electron chi connectivity index (χ3n) is 3.95. The Bertz CT molecular complexity index is 822. The largest absolute Gasteiger partial charge is 0.491 e. The lowest BCUT2D eigenvalue weighted by molar-refractivity contribution is -0.385. The van der Waals surface area contributed by atoms with Crippen LogP contribution in [0.2, 0.25) is 0 Å². The Morgan fingerprint density at radius 2 is 1.93 bits per heavy atom. The molecular formula is C19H22N2O6. The number of nitrogens with one attached hydrogen (secondary N) is 1. The zero-order chi connectivity index (χ0) is 19.8. The maximum Gasteiger partial charge on any atom is 0.311 e. The summed E-state index contributed by atoms with van der Waals surface area (Å²) in [5.74, 6) is 0.842. The van der Waals surface area contributed by atoms with Gasteiger partial charge in [0.1, 0.15) is 18.1 Å². The molecule has 0 saturated heterocycles. The molecule has 0 saturated carbocycles. The van der Waals surface area contributed by atoms with Gasteiger partial charge in [0.2, 0.25) is 5.75 Å². The molecule has 8 heteroatoms. The molecule has 0 aliphatic rings. The first kappa shape index (κ1) is 20.0. The van der Waals surface area contributed by atoms with E-state index in [1.54, 1.807) is 0 Å². The van der Waals surface area contributed by atoms with Crippen LogP contribution in [0, 0.1) is 24.0 Å². The number of carbonyl (C=O) groups is 1. The maximum absolute atomic E-state index is 11.8. The van der Waals surface area contributed by atoms with E-state index in [0.29, 0.717) is 18.9 Å². The molecular weight excluding hydrogens is 352 g/mol. The van der Waals surface area contributed by atoms with Gasteiger partial charge in [0.05, 0.1) is 18.6 Å². The van der Waals surface area contributed by atoms with Gasteiger partial charge in [-0.05, 0) is 37.1 Å². The lowest BCUT2D eigenvalue weighted by Crippen LogP contribution is -2.32. The number of hydrogen-bond donors (Lipinski definition) is 1. The van der Waals surface area contributed by atoms with Crippen molar-refractivity contribution in [1.82, 2.24) is 5.32 Å². The van der Waals surface area contributed by atoms with Crippen LogP contribution in [-0.2, 0) is 4.79 Å². The molecule has 27 heavy (non-hydrogen) atoms. The summed E-state index contributed by atoms with van der Waals surface area (Å²) in [6.07, 6.45) is 0. The van der Waals surface area contributed by atoms with E-state index >= 15 is 0 Å². The minimum atomic E-state index is -0.550. The van der Waals surface area contributed by atoms with Crippen LogP contribution in [0.3, 0.4) is 0 Å². The van der Waals surface area contributed by atoms with Gasteiger partial charge in [0.25, 0.3) is 5.91 Å². The second kappa shape index (κ2) is 9.42. The van der Waals surface area contributed by atoms with Crippen molar-refractivity contribution in [2.75, 3.05) is 26.9 Å². The van der Waals surface area contributed by atoms with E-state index in [1.165, 1.54) is 25.3 Å². The number of benzene rings is 2. The lowest BCUT2D eigenvalue weighted by Gasteiger charge is -2.12. The molecule has 0 aromatic heterocycles. The number of rotatable bonds is 9. The normalized spacial score (nSPS) is 10.2. The average Bonchev–Trinajstić information content (AvgIpc) is 2.66. The second-order valence-electron chi connectivity index (χ2n) is 5.78. The first-order chi connectivity index (χ1) is 12.9. The summed E-state index contributed by atoms with van der Waals surface area (Å²) in [7, 11) is 1.33. The highest BCUT2D eigenvalue weighted by Crippen LogP contribution is 2.30. The zero-order valence-corrected chi connectivity index (χ0v) is 15.5. The molecule has 0 bridgehead atoms. The molecule has 0 unspecified atom stereocenters. The van der Waals surface area contributed by atoms with Crippen molar-refractivity contribution in [3.63, 3.8) is 0 Å². The van der Waals surface area contributed by atoms with Crippen molar-refractivity contribution in [1.29, 1.82) is 0 Å². The van der Waals surface area contributed by atoms with E-state index in [0.717, 1.165) is 16.9 Å². The fraction of sp³-hybridized carbons (Fsp3) is 0.316. The molecule has 0 spiro atoms. The summed E-state index contributed by atoms with van der Waals surface area (Å²) in [5, 5.41) is 13.5. The van der Waals surface area contributed by atoms with Crippen LogP contribution in [-0.4, -0.2) is 37.7 Å². The van der Waals surface area contributed by atoms with Crippen molar-refractivity contribution in [3.05, 3.63) is 57.6 Å². The molecule has 2 rings (SSSR count). The minimum Gasteiger partial charge on any atom is -0.491 e. The predicted molar refractivity (Wildman–Crippen MR) is 99.6 cm³/mol. The van der Waals surface area contributed by atoms with Crippen molar-refractivity contribution < 1.29 is 23.9 Å². The van der Waals surface area contributed by atoms with Gasteiger partial charge in [-0.15, -0.1) is 0 Å². The third-order valence-corrected chi connectivity index (χ3v) is 3.95. The molecule has 2 aromatic carbocycles. The Kier molecular flexibility index (Phi) is 6.99. The monoisotopic (exact) mass is 374 g/mol. The summed E-state index contributed by atoms with van der Waals surface area (Å²) in [5.41, 5.74) is 2.04. The SMILES string of the molecule is COc1cc(OCC(=O)NCCOc2cccc(C)c2C)ccc1[N+](=O)[O-]. The Hall–Kier alpha value is -3.29. The van der Waals surface area contributed by atoms with Crippen LogP contribution in [0.5, 0.6) is 17.2 Å². The fourth-order valence-corrected chi connectivity index (χ4v) is 2.33. The summed E-state index contributed by atoms with van der Waals surface area (Å²) in [4.78, 5) is 22.2. The Balaban J connectivity index is 1.76. The molecule has 1 N–H and O–H groups in total. The van der Waals surface area contributed by atoms with Gasteiger partial charge < -0.3 is 19.5 Å². The molecule has 8 nitrogen and oxygen atoms in total. The summed E-state index contributed by atoms with van der Waals surface area (Å²) in [6.45, 7) is 4.44. The molecule has 0 aliphatic heterocycles. The molecule has 1 amide bonds. The molecule has 0 atom stereocenters. The number of nitro groups is 1. The fourth-order valence-electron chi connectivity index (χ4n) is 2.33. The number of nitro benzene ring substituents is 1.